The van der Waals surface area contributed by atoms with Crippen molar-refractivity contribution in [3.63, 3.8) is 0 Å². The summed E-state index contributed by atoms with van der Waals surface area (Å²) in [7, 11) is -4.50. The average molecular weight is 280 g/mol. The van der Waals surface area contributed by atoms with E-state index in [1.807, 2.05) is 13.8 Å². The van der Waals surface area contributed by atoms with Gasteiger partial charge in [0.25, 0.3) is 10.1 Å². The van der Waals surface area contributed by atoms with Gasteiger partial charge in [-0.2, -0.15) is 8.42 Å². The Morgan fingerprint density at radius 1 is 1.22 bits per heavy atom. The van der Waals surface area contributed by atoms with E-state index in [0.717, 1.165) is 0 Å². The molecule has 0 aliphatic carbocycles. The molecule has 1 atom stereocenters. The van der Waals surface area contributed by atoms with Crippen LogP contribution < -0.4 is 10.2 Å². The highest BCUT2D eigenvalue weighted by Gasteiger charge is 2.28. The molecule has 0 saturated carbocycles. The van der Waals surface area contributed by atoms with Crippen LogP contribution in [-0.2, 0) is 23.9 Å². The van der Waals surface area contributed by atoms with Gasteiger partial charge in [0.15, 0.2) is 0 Å². The molecule has 0 rings (SSSR count). The van der Waals surface area contributed by atoms with Gasteiger partial charge in [0, 0.05) is 12.4 Å². The predicted octanol–water partition coefficient (Wildman–Crippen LogP) is -1.97. The van der Waals surface area contributed by atoms with Gasteiger partial charge in [0.1, 0.15) is 5.25 Å². The molecule has 0 N–H and O–H groups in total. The van der Waals surface area contributed by atoms with Crippen LogP contribution in [0.2, 0.25) is 0 Å². The SMILES string of the molecule is CC(C)CCCOS(=O)(=O)C(CC(=O)[O-])C(=O)[O-]. The topological polar surface area (TPSA) is 124 Å². The molecule has 0 aliphatic heterocycles. The minimum atomic E-state index is -4.50. The van der Waals surface area contributed by atoms with E-state index in [1.165, 1.54) is 0 Å². The maximum Gasteiger partial charge on any atom is 0.276 e. The number of carbonyl (C=O) groups excluding carboxylic acids is 2. The number of carboxylic acid groups (broad SMARTS) is 2. The number of hydrogen-bond acceptors (Lipinski definition) is 7. The van der Waals surface area contributed by atoms with E-state index in [1.54, 1.807) is 0 Å². The van der Waals surface area contributed by atoms with Gasteiger partial charge in [-0.05, 0) is 18.8 Å². The molecule has 0 amide bonds. The lowest BCUT2D eigenvalue weighted by Crippen LogP contribution is -2.45. The van der Waals surface area contributed by atoms with Crippen LogP contribution in [0.25, 0.3) is 0 Å². The first-order valence-electron chi connectivity index (χ1n) is 5.45. The lowest BCUT2D eigenvalue weighted by Gasteiger charge is -2.18. The van der Waals surface area contributed by atoms with Gasteiger partial charge in [0.05, 0.1) is 12.6 Å². The molecule has 0 spiro atoms. The maximum absolute atomic E-state index is 11.4. The van der Waals surface area contributed by atoms with E-state index in [4.69, 9.17) is 0 Å². The van der Waals surface area contributed by atoms with Gasteiger partial charge in [0.2, 0.25) is 0 Å². The number of aliphatic carboxylic acids is 2. The van der Waals surface area contributed by atoms with Crippen molar-refractivity contribution in [3.8, 4) is 0 Å². The number of carbonyl (C=O) groups is 2. The molecule has 0 bridgehead atoms. The van der Waals surface area contributed by atoms with Crippen LogP contribution in [-0.4, -0.2) is 32.2 Å². The highest BCUT2D eigenvalue weighted by molar-refractivity contribution is 7.88. The summed E-state index contributed by atoms with van der Waals surface area (Å²) < 4.78 is 27.3. The maximum atomic E-state index is 11.4. The Hall–Kier alpha value is -1.15. The normalized spacial score (nSPS) is 13.5. The fourth-order valence-corrected chi connectivity index (χ4v) is 2.29. The Bertz CT molecular complexity index is 385. The summed E-state index contributed by atoms with van der Waals surface area (Å²) >= 11 is 0. The highest BCUT2D eigenvalue weighted by Crippen LogP contribution is 2.10. The molecule has 0 aliphatic rings. The smallest absolute Gasteiger partial charge is 0.276 e. The zero-order valence-corrected chi connectivity index (χ0v) is 11.1. The average Bonchev–Trinajstić information content (AvgIpc) is 2.20. The van der Waals surface area contributed by atoms with Gasteiger partial charge in [-0.25, -0.2) is 0 Å². The minimum absolute atomic E-state index is 0.183. The lowest BCUT2D eigenvalue weighted by atomic mass is 10.1. The molecule has 7 nitrogen and oxygen atoms in total. The van der Waals surface area contributed by atoms with Crippen LogP contribution in [0.1, 0.15) is 33.1 Å². The van der Waals surface area contributed by atoms with Gasteiger partial charge in [-0.3, -0.25) is 4.18 Å². The van der Waals surface area contributed by atoms with Gasteiger partial charge in [-0.1, -0.05) is 13.8 Å². The quantitative estimate of drug-likeness (QED) is 0.354. The molecular weight excluding hydrogens is 264 g/mol. The van der Waals surface area contributed by atoms with Crippen LogP contribution in [0.5, 0.6) is 0 Å². The summed E-state index contributed by atoms with van der Waals surface area (Å²) in [6, 6.07) is 0. The van der Waals surface area contributed by atoms with E-state index >= 15 is 0 Å². The van der Waals surface area contributed by atoms with Crippen LogP contribution >= 0.6 is 0 Å². The van der Waals surface area contributed by atoms with Crippen LogP contribution in [0.4, 0.5) is 0 Å². The van der Waals surface area contributed by atoms with Gasteiger partial charge in [-0.15, -0.1) is 0 Å². The Balaban J connectivity index is 4.47. The monoisotopic (exact) mass is 280 g/mol. The van der Waals surface area contributed by atoms with Crippen molar-refractivity contribution in [1.29, 1.82) is 0 Å². The summed E-state index contributed by atoms with van der Waals surface area (Å²) in [5, 5.41) is 18.6. The second kappa shape index (κ2) is 7.32. The molecular formula is C10H16O7S-2. The van der Waals surface area contributed by atoms with Crippen molar-refractivity contribution in [1.82, 2.24) is 0 Å². The molecule has 0 radical (unpaired) electrons. The van der Waals surface area contributed by atoms with Crippen molar-refractivity contribution in [2.75, 3.05) is 6.61 Å². The molecule has 0 aromatic rings. The summed E-state index contributed by atoms with van der Waals surface area (Å²) in [4.78, 5) is 20.8. The molecule has 106 valence electrons. The fraction of sp³-hybridized carbons (Fsp3) is 0.800. The van der Waals surface area contributed by atoms with E-state index in [-0.39, 0.29) is 6.61 Å². The van der Waals surface area contributed by atoms with E-state index in [9.17, 15) is 28.2 Å². The summed E-state index contributed by atoms with van der Waals surface area (Å²) in [6.45, 7) is 3.69. The lowest BCUT2D eigenvalue weighted by molar-refractivity contribution is -0.314. The molecule has 0 aromatic carbocycles. The minimum Gasteiger partial charge on any atom is -0.550 e. The third-order valence-electron chi connectivity index (χ3n) is 2.14. The number of hydrogen-bond donors (Lipinski definition) is 0. The number of carboxylic acids is 2. The van der Waals surface area contributed by atoms with Crippen LogP contribution in [0, 0.1) is 5.92 Å². The van der Waals surface area contributed by atoms with Crippen molar-refractivity contribution >= 4 is 22.1 Å². The van der Waals surface area contributed by atoms with Crippen molar-refractivity contribution in [2.45, 2.75) is 38.4 Å². The predicted molar refractivity (Wildman–Crippen MR) is 57.4 cm³/mol. The van der Waals surface area contributed by atoms with Crippen molar-refractivity contribution < 1.29 is 32.4 Å². The first kappa shape index (κ1) is 16.9. The Morgan fingerprint density at radius 3 is 2.17 bits per heavy atom. The molecule has 1 unspecified atom stereocenters. The van der Waals surface area contributed by atoms with E-state index < -0.39 is 33.7 Å². The standard InChI is InChI=1S/C10H18O7S/c1-7(2)4-3-5-17-18(15,16)8(10(13)14)6-9(11)12/h7-8H,3-6H2,1-2H3,(H,11,12)(H,13,14)/p-2. The summed E-state index contributed by atoms with van der Waals surface area (Å²) in [6.07, 6.45) is -0.0389. The first-order valence-corrected chi connectivity index (χ1v) is 6.93. The molecule has 0 saturated heterocycles. The third kappa shape index (κ3) is 6.55. The van der Waals surface area contributed by atoms with Crippen molar-refractivity contribution in [2.24, 2.45) is 5.92 Å². The second-order valence-corrected chi connectivity index (χ2v) is 6.02. The highest BCUT2D eigenvalue weighted by atomic mass is 32.2. The summed E-state index contributed by atoms with van der Waals surface area (Å²) in [5.41, 5.74) is 0. The Morgan fingerprint density at radius 2 is 1.78 bits per heavy atom. The first-order chi connectivity index (χ1) is 8.16. The number of rotatable bonds is 9. The fourth-order valence-electron chi connectivity index (χ4n) is 1.20. The van der Waals surface area contributed by atoms with Gasteiger partial charge >= 0.3 is 0 Å². The third-order valence-corrected chi connectivity index (χ3v) is 3.69. The zero-order valence-electron chi connectivity index (χ0n) is 10.2. The van der Waals surface area contributed by atoms with Crippen LogP contribution in [0.3, 0.4) is 0 Å². The molecule has 0 aromatic heterocycles. The Kier molecular flexibility index (Phi) is 6.85. The van der Waals surface area contributed by atoms with E-state index in [2.05, 4.69) is 4.18 Å². The largest absolute Gasteiger partial charge is 0.550 e. The summed E-state index contributed by atoms with van der Waals surface area (Å²) in [5.74, 6) is -3.45. The molecule has 8 heteroatoms. The second-order valence-electron chi connectivity index (χ2n) is 4.23. The van der Waals surface area contributed by atoms with E-state index in [0.29, 0.717) is 18.8 Å². The molecule has 18 heavy (non-hydrogen) atoms. The molecule has 0 fully saturated rings. The van der Waals surface area contributed by atoms with Crippen molar-refractivity contribution in [3.05, 3.63) is 0 Å². The van der Waals surface area contributed by atoms with Crippen LogP contribution in [0.15, 0.2) is 0 Å². The van der Waals surface area contributed by atoms with Gasteiger partial charge < -0.3 is 19.8 Å². The Labute approximate surface area is 106 Å². The zero-order chi connectivity index (χ0) is 14.3. The molecule has 0 heterocycles.